The number of carbonyl (C=O) groups excluding carboxylic acids is 1. The molecule has 0 N–H and O–H groups in total. The van der Waals surface area contributed by atoms with E-state index in [1.807, 2.05) is 35.6 Å². The largest absolute Gasteiger partial charge is 0.494 e. The van der Waals surface area contributed by atoms with Crippen molar-refractivity contribution in [3.63, 3.8) is 0 Å². The molecule has 1 saturated heterocycles. The van der Waals surface area contributed by atoms with E-state index in [0.29, 0.717) is 26.0 Å². The molecule has 0 radical (unpaired) electrons. The maximum Gasteiger partial charge on any atom is 0.251 e. The number of carbonyl (C=O) groups is 1. The van der Waals surface area contributed by atoms with Crippen LogP contribution < -0.4 is 15.2 Å². The van der Waals surface area contributed by atoms with Crippen molar-refractivity contribution in [1.82, 2.24) is 9.47 Å². The Labute approximate surface area is 279 Å². The third-order valence-corrected chi connectivity index (χ3v) is 10.3. The van der Waals surface area contributed by atoms with Gasteiger partial charge < -0.3 is 14.2 Å². The number of ketones is 1. The molecule has 0 spiro atoms. The summed E-state index contributed by atoms with van der Waals surface area (Å²) < 4.78 is 9.25. The molecule has 1 aliphatic heterocycles. The average Bonchev–Trinajstić information content (AvgIpc) is 3.57. The molecular formula is C39H53N3O3S. The monoisotopic (exact) mass is 643 g/mol. The Morgan fingerprint density at radius 1 is 0.783 bits per heavy atom. The van der Waals surface area contributed by atoms with Crippen molar-refractivity contribution >= 4 is 43.8 Å². The van der Waals surface area contributed by atoms with E-state index in [-0.39, 0.29) is 11.3 Å². The minimum Gasteiger partial charge on any atom is -0.494 e. The van der Waals surface area contributed by atoms with Gasteiger partial charge in [0.25, 0.3) is 5.56 Å². The number of aromatic nitrogens is 1. The highest BCUT2D eigenvalue weighted by atomic mass is 32.1. The average molecular weight is 644 g/mol. The minimum absolute atomic E-state index is 0.0624. The lowest BCUT2D eigenvalue weighted by molar-refractivity contribution is -0.119. The second kappa shape index (κ2) is 18.2. The highest BCUT2D eigenvalue weighted by Crippen LogP contribution is 2.31. The van der Waals surface area contributed by atoms with Crippen LogP contribution in [0.1, 0.15) is 90.4 Å². The number of thiophene rings is 1. The fourth-order valence-electron chi connectivity index (χ4n) is 6.68. The van der Waals surface area contributed by atoms with E-state index in [1.54, 1.807) is 10.6 Å². The molecule has 248 valence electrons. The molecule has 2 aromatic carbocycles. The highest BCUT2D eigenvalue weighted by molar-refractivity contribution is 7.17. The third kappa shape index (κ3) is 9.92. The highest BCUT2D eigenvalue weighted by Gasteiger charge is 2.18. The van der Waals surface area contributed by atoms with Gasteiger partial charge in [0, 0.05) is 73.5 Å². The number of Topliss-reactive ketones (excluding diaryl/α,β-unsaturated/α-hetero) is 1. The number of hydrogen-bond donors (Lipinski definition) is 0. The van der Waals surface area contributed by atoms with Crippen LogP contribution in [0.3, 0.4) is 0 Å². The first-order valence-electron chi connectivity index (χ1n) is 17.8. The van der Waals surface area contributed by atoms with E-state index in [9.17, 15) is 9.59 Å². The maximum atomic E-state index is 12.8. The van der Waals surface area contributed by atoms with Crippen LogP contribution in [0.25, 0.3) is 21.0 Å². The van der Waals surface area contributed by atoms with Gasteiger partial charge in [-0.05, 0) is 73.0 Å². The molecule has 0 atom stereocenters. The zero-order valence-electron chi connectivity index (χ0n) is 27.9. The fraction of sp³-hybridized carbons (Fsp3) is 0.538. The summed E-state index contributed by atoms with van der Waals surface area (Å²) in [4.78, 5) is 30.5. The molecule has 1 fully saturated rings. The first-order valence-corrected chi connectivity index (χ1v) is 18.7. The second-order valence-corrected chi connectivity index (χ2v) is 13.9. The molecule has 0 bridgehead atoms. The molecule has 0 saturated carbocycles. The van der Waals surface area contributed by atoms with Crippen molar-refractivity contribution in [1.29, 1.82) is 0 Å². The van der Waals surface area contributed by atoms with Gasteiger partial charge >= 0.3 is 0 Å². The number of benzene rings is 2. The van der Waals surface area contributed by atoms with Crippen LogP contribution in [-0.4, -0.2) is 54.6 Å². The van der Waals surface area contributed by atoms with Crippen LogP contribution in [0.2, 0.25) is 0 Å². The molecular weight excluding hydrogens is 591 g/mol. The van der Waals surface area contributed by atoms with Crippen molar-refractivity contribution in [2.75, 3.05) is 44.2 Å². The molecule has 0 aliphatic carbocycles. The van der Waals surface area contributed by atoms with Gasteiger partial charge in [-0.1, -0.05) is 64.4 Å². The topological polar surface area (TPSA) is 54.8 Å². The molecule has 3 heterocycles. The van der Waals surface area contributed by atoms with Gasteiger partial charge in [0.05, 0.1) is 12.1 Å². The number of hydrogen-bond acceptors (Lipinski definition) is 6. The van der Waals surface area contributed by atoms with Crippen molar-refractivity contribution in [3.05, 3.63) is 70.3 Å². The Balaban J connectivity index is 1.00. The number of anilines is 1. The number of ether oxygens (including phenoxy) is 1. The fourth-order valence-corrected chi connectivity index (χ4v) is 7.48. The summed E-state index contributed by atoms with van der Waals surface area (Å²) in [7, 11) is 0. The zero-order valence-corrected chi connectivity index (χ0v) is 28.7. The van der Waals surface area contributed by atoms with Gasteiger partial charge in [-0.3, -0.25) is 14.5 Å². The molecule has 4 aromatic rings. The Kier molecular flexibility index (Phi) is 13.6. The number of piperazine rings is 1. The Hall–Kier alpha value is -3.16. The Bertz CT molecular complexity index is 1570. The molecule has 0 amide bonds. The predicted molar refractivity (Wildman–Crippen MR) is 195 cm³/mol. The van der Waals surface area contributed by atoms with Crippen molar-refractivity contribution < 1.29 is 9.53 Å². The number of aryl methyl sites for hydroxylation is 1. The van der Waals surface area contributed by atoms with E-state index >= 15 is 0 Å². The molecule has 2 aromatic heterocycles. The predicted octanol–water partition coefficient (Wildman–Crippen LogP) is 9.08. The van der Waals surface area contributed by atoms with Crippen LogP contribution in [0.4, 0.5) is 5.69 Å². The summed E-state index contributed by atoms with van der Waals surface area (Å²) in [6.45, 7) is 8.72. The molecule has 5 rings (SSSR count). The molecule has 46 heavy (non-hydrogen) atoms. The van der Waals surface area contributed by atoms with Crippen molar-refractivity contribution in [2.24, 2.45) is 0 Å². The summed E-state index contributed by atoms with van der Waals surface area (Å²) in [6, 6.07) is 18.3. The molecule has 0 unspecified atom stereocenters. The van der Waals surface area contributed by atoms with E-state index < -0.39 is 0 Å². The van der Waals surface area contributed by atoms with E-state index in [0.717, 1.165) is 75.1 Å². The van der Waals surface area contributed by atoms with Gasteiger partial charge in [-0.25, -0.2) is 0 Å². The summed E-state index contributed by atoms with van der Waals surface area (Å²) in [5, 5.41) is 4.56. The van der Waals surface area contributed by atoms with E-state index in [1.165, 1.54) is 60.7 Å². The van der Waals surface area contributed by atoms with Crippen LogP contribution >= 0.6 is 11.3 Å². The van der Waals surface area contributed by atoms with Crippen LogP contribution in [0, 0.1) is 0 Å². The Morgan fingerprint density at radius 2 is 1.54 bits per heavy atom. The van der Waals surface area contributed by atoms with Crippen LogP contribution in [0.15, 0.2) is 64.8 Å². The lowest BCUT2D eigenvalue weighted by atomic mass is 10.0. The lowest BCUT2D eigenvalue weighted by Gasteiger charge is -2.36. The summed E-state index contributed by atoms with van der Waals surface area (Å²) in [5.74, 6) is 1.03. The first-order chi connectivity index (χ1) is 22.6. The number of nitrogens with zero attached hydrogens (tertiary/aromatic N) is 3. The summed E-state index contributed by atoms with van der Waals surface area (Å²) in [5.41, 5.74) is 2.15. The SMILES string of the molecule is CCCCCCCCCCCC(=O)CCn1c(=O)ccc2ccc(OCCCCN3CCN(c4cccc5sccc45)CC3)cc21. The van der Waals surface area contributed by atoms with Crippen LogP contribution in [0.5, 0.6) is 5.75 Å². The number of unbranched alkanes of at least 4 members (excludes halogenated alkanes) is 9. The van der Waals surface area contributed by atoms with Crippen LogP contribution in [-0.2, 0) is 11.3 Å². The quantitative estimate of drug-likeness (QED) is 0.0900. The molecule has 7 heteroatoms. The van der Waals surface area contributed by atoms with E-state index in [4.69, 9.17) is 4.74 Å². The van der Waals surface area contributed by atoms with Gasteiger partial charge in [-0.15, -0.1) is 11.3 Å². The first kappa shape index (κ1) is 34.2. The molecule has 6 nitrogen and oxygen atoms in total. The zero-order chi connectivity index (χ0) is 32.0. The van der Waals surface area contributed by atoms with Gasteiger partial charge in [-0.2, -0.15) is 0 Å². The third-order valence-electron chi connectivity index (χ3n) is 9.46. The summed E-state index contributed by atoms with van der Waals surface area (Å²) >= 11 is 1.81. The Morgan fingerprint density at radius 3 is 2.35 bits per heavy atom. The van der Waals surface area contributed by atoms with Gasteiger partial charge in [0.2, 0.25) is 0 Å². The molecule has 1 aliphatic rings. The van der Waals surface area contributed by atoms with Crippen molar-refractivity contribution in [3.8, 4) is 5.75 Å². The number of fused-ring (bicyclic) bond motifs is 2. The second-order valence-electron chi connectivity index (χ2n) is 12.9. The van der Waals surface area contributed by atoms with Gasteiger partial charge in [0.15, 0.2) is 0 Å². The smallest absolute Gasteiger partial charge is 0.251 e. The maximum absolute atomic E-state index is 12.8. The summed E-state index contributed by atoms with van der Waals surface area (Å²) in [6.07, 6.45) is 14.3. The lowest BCUT2D eigenvalue weighted by Crippen LogP contribution is -2.46. The van der Waals surface area contributed by atoms with E-state index in [2.05, 4.69) is 46.4 Å². The number of rotatable bonds is 20. The minimum atomic E-state index is -0.0624. The van der Waals surface area contributed by atoms with Gasteiger partial charge in [0.1, 0.15) is 11.5 Å². The normalized spacial score (nSPS) is 14.0. The number of pyridine rings is 1. The van der Waals surface area contributed by atoms with Crippen molar-refractivity contribution in [2.45, 2.75) is 96.9 Å². The standard InChI is InChI=1S/C39H53N3O3S/c1-2-3-4-5-6-7-8-9-10-14-33(43)21-24-42-37-31-34(19-17-32(37)18-20-39(42)44)45-29-12-11-23-40-25-27-41(28-26-40)36-15-13-16-38-35(36)22-30-46-38/h13,15-20,22,30-31H,2-12,14,21,23-29H2,1H3.